The van der Waals surface area contributed by atoms with Gasteiger partial charge in [0.2, 0.25) is 0 Å². The van der Waals surface area contributed by atoms with E-state index in [1.54, 1.807) is 0 Å². The van der Waals surface area contributed by atoms with E-state index in [1.165, 1.54) is 24.3 Å². The average Bonchev–Trinajstić information content (AvgIpc) is 2.16. The largest absolute Gasteiger partial charge is 0.707 e. The van der Waals surface area contributed by atoms with Crippen LogP contribution >= 0.6 is 0 Å². The Morgan fingerprint density at radius 2 is 2.00 bits per heavy atom. The van der Waals surface area contributed by atoms with Crippen molar-refractivity contribution in [3.63, 3.8) is 0 Å². The van der Waals surface area contributed by atoms with Crippen LogP contribution in [0.1, 0.15) is 10.4 Å². The quantitative estimate of drug-likeness (QED) is 0.675. The molecule has 1 aromatic rings. The van der Waals surface area contributed by atoms with Gasteiger partial charge in [0.1, 0.15) is 11.3 Å². The van der Waals surface area contributed by atoms with E-state index in [0.717, 1.165) is 0 Å². The lowest BCUT2D eigenvalue weighted by molar-refractivity contribution is -0.0789. The summed E-state index contributed by atoms with van der Waals surface area (Å²) in [5.74, 6) is -1.44. The standard InChI is InChI=1S/C7H6BFO5/c9-14-7(10)5-3-1-2-4-6(5)13-8(11)12/h1-4,11-12H. The van der Waals surface area contributed by atoms with Crippen molar-refractivity contribution in [3.8, 4) is 5.75 Å². The van der Waals surface area contributed by atoms with Crippen LogP contribution in [0.3, 0.4) is 0 Å². The Hall–Kier alpha value is -1.60. The molecule has 0 saturated carbocycles. The van der Waals surface area contributed by atoms with E-state index in [4.69, 9.17) is 10.0 Å². The van der Waals surface area contributed by atoms with E-state index in [9.17, 15) is 9.32 Å². The van der Waals surface area contributed by atoms with Crippen molar-refractivity contribution in [1.82, 2.24) is 0 Å². The fraction of sp³-hybridized carbons (Fsp3) is 0. The first-order chi connectivity index (χ1) is 6.65. The highest BCUT2D eigenvalue weighted by molar-refractivity contribution is 6.34. The third kappa shape index (κ3) is 2.44. The van der Waals surface area contributed by atoms with E-state index < -0.39 is 13.3 Å². The summed E-state index contributed by atoms with van der Waals surface area (Å²) in [5, 5.41) is 16.9. The SMILES string of the molecule is O=C(OF)c1ccccc1OB(O)O. The van der Waals surface area contributed by atoms with Crippen LogP contribution in [0.4, 0.5) is 4.53 Å². The molecule has 14 heavy (non-hydrogen) atoms. The van der Waals surface area contributed by atoms with Gasteiger partial charge < -0.3 is 14.7 Å². The molecule has 0 bridgehead atoms. The monoisotopic (exact) mass is 200 g/mol. The Balaban J connectivity index is 2.97. The first-order valence-electron chi connectivity index (χ1n) is 3.60. The molecular formula is C7H6BFO5. The molecule has 1 rings (SSSR count). The molecule has 1 aromatic carbocycles. The Morgan fingerprint density at radius 3 is 2.57 bits per heavy atom. The predicted octanol–water partition coefficient (Wildman–Crippen LogP) is 0.0762. The Morgan fingerprint density at radius 1 is 1.36 bits per heavy atom. The highest BCUT2D eigenvalue weighted by Gasteiger charge is 2.19. The summed E-state index contributed by atoms with van der Waals surface area (Å²) in [7, 11) is -2.08. The van der Waals surface area contributed by atoms with E-state index in [-0.39, 0.29) is 11.3 Å². The van der Waals surface area contributed by atoms with Gasteiger partial charge in [0.25, 0.3) is 0 Å². The lowest BCUT2D eigenvalue weighted by Crippen LogP contribution is -2.22. The summed E-state index contributed by atoms with van der Waals surface area (Å²) in [6.45, 7) is 0. The maximum atomic E-state index is 11.6. The van der Waals surface area contributed by atoms with Crippen molar-refractivity contribution in [3.05, 3.63) is 29.8 Å². The number of halogens is 1. The zero-order valence-electron chi connectivity index (χ0n) is 6.88. The zero-order chi connectivity index (χ0) is 10.6. The van der Waals surface area contributed by atoms with Gasteiger partial charge in [-0.25, -0.2) is 9.74 Å². The van der Waals surface area contributed by atoms with Crippen molar-refractivity contribution < 1.29 is 29.0 Å². The number of rotatable bonds is 3. The highest BCUT2D eigenvalue weighted by atomic mass is 19.3. The van der Waals surface area contributed by atoms with Crippen LogP contribution in [0.5, 0.6) is 5.75 Å². The number of carbonyl (C=O) groups excluding carboxylic acids is 1. The molecule has 0 fully saturated rings. The average molecular weight is 200 g/mol. The van der Waals surface area contributed by atoms with Crippen LogP contribution in [-0.4, -0.2) is 23.3 Å². The fourth-order valence-corrected chi connectivity index (χ4v) is 0.893. The van der Waals surface area contributed by atoms with Gasteiger partial charge in [0.05, 0.1) is 0 Å². The van der Waals surface area contributed by atoms with Gasteiger partial charge in [-0.2, -0.15) is 0 Å². The topological polar surface area (TPSA) is 76.0 Å². The maximum Gasteiger partial charge on any atom is 0.707 e. The smallest absolute Gasteiger partial charge is 0.511 e. The van der Waals surface area contributed by atoms with Crippen molar-refractivity contribution in [2.24, 2.45) is 0 Å². The Bertz CT molecular complexity index is 330. The molecule has 0 unspecified atom stereocenters. The maximum absolute atomic E-state index is 11.6. The molecule has 0 heterocycles. The minimum atomic E-state index is -2.08. The van der Waals surface area contributed by atoms with Gasteiger partial charge >= 0.3 is 13.3 Å². The second-order valence-electron chi connectivity index (χ2n) is 2.30. The van der Waals surface area contributed by atoms with Gasteiger partial charge in [-0.3, -0.25) is 0 Å². The lowest BCUT2D eigenvalue weighted by Gasteiger charge is -2.07. The third-order valence-corrected chi connectivity index (χ3v) is 1.41. The number of carbonyl (C=O) groups is 1. The number of para-hydroxylation sites is 1. The Kier molecular flexibility index (Phi) is 3.44. The molecule has 0 spiro atoms. The van der Waals surface area contributed by atoms with E-state index in [1.807, 2.05) is 0 Å². The van der Waals surface area contributed by atoms with Gasteiger partial charge in [-0.15, -0.1) is 0 Å². The second-order valence-corrected chi connectivity index (χ2v) is 2.30. The summed E-state index contributed by atoms with van der Waals surface area (Å²) in [4.78, 5) is 13.8. The van der Waals surface area contributed by atoms with Crippen LogP contribution < -0.4 is 4.65 Å². The van der Waals surface area contributed by atoms with Gasteiger partial charge in [0.15, 0.2) is 0 Å². The van der Waals surface area contributed by atoms with Crippen molar-refractivity contribution >= 4 is 13.3 Å². The molecule has 7 heteroatoms. The van der Waals surface area contributed by atoms with Gasteiger partial charge in [-0.05, 0) is 12.1 Å². The number of hydrogen-bond acceptors (Lipinski definition) is 5. The summed E-state index contributed by atoms with van der Waals surface area (Å²) < 4.78 is 16.0. The molecule has 0 aliphatic rings. The van der Waals surface area contributed by atoms with E-state index in [2.05, 4.69) is 9.60 Å². The van der Waals surface area contributed by atoms with Crippen LogP contribution in [0.15, 0.2) is 24.3 Å². The van der Waals surface area contributed by atoms with Crippen LogP contribution in [-0.2, 0) is 4.94 Å². The molecule has 2 N–H and O–H groups in total. The minimum absolute atomic E-state index is 0.176. The number of benzene rings is 1. The normalized spacial score (nSPS) is 9.36. The van der Waals surface area contributed by atoms with Crippen molar-refractivity contribution in [2.75, 3.05) is 0 Å². The number of hydrogen-bond donors (Lipinski definition) is 2. The molecule has 74 valence electrons. The molecule has 0 aliphatic carbocycles. The third-order valence-electron chi connectivity index (χ3n) is 1.41. The summed E-state index contributed by atoms with van der Waals surface area (Å²) in [6, 6.07) is 5.42. The van der Waals surface area contributed by atoms with E-state index >= 15 is 0 Å². The van der Waals surface area contributed by atoms with Crippen LogP contribution in [0, 0.1) is 0 Å². The Labute approximate surface area is 78.8 Å². The first kappa shape index (κ1) is 10.5. The lowest BCUT2D eigenvalue weighted by atomic mass is 10.1. The van der Waals surface area contributed by atoms with Crippen LogP contribution in [0.25, 0.3) is 0 Å². The van der Waals surface area contributed by atoms with Gasteiger partial charge in [-0.1, -0.05) is 12.1 Å². The summed E-state index contributed by atoms with van der Waals surface area (Å²) in [5.41, 5.74) is -0.233. The first-order valence-corrected chi connectivity index (χ1v) is 3.60. The molecule has 0 amide bonds. The fourth-order valence-electron chi connectivity index (χ4n) is 0.893. The molecule has 0 saturated heterocycles. The molecule has 0 atom stereocenters. The highest BCUT2D eigenvalue weighted by Crippen LogP contribution is 2.19. The second kappa shape index (κ2) is 4.59. The van der Waals surface area contributed by atoms with Crippen molar-refractivity contribution in [1.29, 1.82) is 0 Å². The minimum Gasteiger partial charge on any atom is -0.511 e. The zero-order valence-corrected chi connectivity index (χ0v) is 6.88. The molecule has 0 radical (unpaired) electrons. The molecular weight excluding hydrogens is 194 g/mol. The summed E-state index contributed by atoms with van der Waals surface area (Å²) in [6.07, 6.45) is 0. The molecule has 0 aromatic heterocycles. The summed E-state index contributed by atoms with van der Waals surface area (Å²) >= 11 is 0. The predicted molar refractivity (Wildman–Crippen MR) is 43.8 cm³/mol. The molecule has 5 nitrogen and oxygen atoms in total. The molecule has 0 aliphatic heterocycles. The van der Waals surface area contributed by atoms with Gasteiger partial charge in [0, 0.05) is 4.53 Å². The van der Waals surface area contributed by atoms with Crippen molar-refractivity contribution in [2.45, 2.75) is 0 Å². The van der Waals surface area contributed by atoms with E-state index in [0.29, 0.717) is 0 Å². The van der Waals surface area contributed by atoms with Crippen LogP contribution in [0.2, 0.25) is 0 Å².